The van der Waals surface area contributed by atoms with Crippen LogP contribution in [0.5, 0.6) is 0 Å². The second-order valence-corrected chi connectivity index (χ2v) is 7.15. The number of rotatable bonds is 2. The van der Waals surface area contributed by atoms with Crippen molar-refractivity contribution in [2.24, 2.45) is 10.8 Å². The summed E-state index contributed by atoms with van der Waals surface area (Å²) in [6.07, 6.45) is 0. The van der Waals surface area contributed by atoms with Gasteiger partial charge in [-0.2, -0.15) is 0 Å². The van der Waals surface area contributed by atoms with E-state index < -0.39 is 0 Å². The molecule has 2 nitrogen and oxygen atoms in total. The number of carbonyl (C=O) groups is 1. The highest BCUT2D eigenvalue weighted by Gasteiger charge is 2.36. The van der Waals surface area contributed by atoms with E-state index in [1.807, 2.05) is 0 Å². The fourth-order valence-electron chi connectivity index (χ4n) is 2.55. The van der Waals surface area contributed by atoms with Gasteiger partial charge >= 0.3 is 0 Å². The Bertz CT molecular complexity index is 423. The van der Waals surface area contributed by atoms with Gasteiger partial charge in [0.05, 0.1) is 0 Å². The lowest BCUT2D eigenvalue weighted by molar-refractivity contribution is 0.0796. The Balaban J connectivity index is 2.92. The predicted octanol–water partition coefficient (Wildman–Crippen LogP) is 4.02. The number of carbonyl (C=O) groups excluding carboxylic acids is 1. The largest absolute Gasteiger partial charge is 0.348 e. The number of nitrogens with one attached hydrogen (secondary N) is 1. The molecule has 0 saturated carbocycles. The SMILES string of the molecule is CC(C)(C)C(NC(=O)c1ccc(F)cc1)C(C)(C)C. The monoisotopic (exact) mass is 265 g/mol. The third-order valence-electron chi connectivity index (χ3n) is 3.11. The summed E-state index contributed by atoms with van der Waals surface area (Å²) in [5.41, 5.74) is 0.391. The molecule has 0 atom stereocenters. The Morgan fingerprint density at radius 1 is 1.00 bits per heavy atom. The van der Waals surface area contributed by atoms with Gasteiger partial charge in [-0.3, -0.25) is 4.79 Å². The molecule has 0 aromatic heterocycles. The van der Waals surface area contributed by atoms with Gasteiger partial charge in [0.2, 0.25) is 0 Å². The second-order valence-electron chi connectivity index (χ2n) is 7.15. The van der Waals surface area contributed by atoms with Crippen LogP contribution in [0.2, 0.25) is 0 Å². The number of benzene rings is 1. The Morgan fingerprint density at radius 3 is 1.79 bits per heavy atom. The van der Waals surface area contributed by atoms with Crippen molar-refractivity contribution >= 4 is 5.91 Å². The summed E-state index contributed by atoms with van der Waals surface area (Å²) in [7, 11) is 0. The van der Waals surface area contributed by atoms with Crippen molar-refractivity contribution in [1.82, 2.24) is 5.32 Å². The summed E-state index contributed by atoms with van der Waals surface area (Å²) in [6.45, 7) is 12.6. The van der Waals surface area contributed by atoms with Crippen molar-refractivity contribution in [3.05, 3.63) is 35.6 Å². The van der Waals surface area contributed by atoms with Crippen molar-refractivity contribution in [1.29, 1.82) is 0 Å². The zero-order valence-corrected chi connectivity index (χ0v) is 12.7. The van der Waals surface area contributed by atoms with Crippen LogP contribution in [0.15, 0.2) is 24.3 Å². The maximum absolute atomic E-state index is 12.9. The molecule has 0 fully saturated rings. The lowest BCUT2D eigenvalue weighted by atomic mass is 9.72. The predicted molar refractivity (Wildman–Crippen MR) is 76.6 cm³/mol. The number of hydrogen-bond acceptors (Lipinski definition) is 1. The molecule has 0 heterocycles. The molecule has 0 unspecified atom stereocenters. The number of amides is 1. The molecule has 106 valence electrons. The third kappa shape index (κ3) is 4.34. The van der Waals surface area contributed by atoms with E-state index in [9.17, 15) is 9.18 Å². The highest BCUT2D eigenvalue weighted by Crippen LogP contribution is 2.33. The molecule has 1 aromatic rings. The highest BCUT2D eigenvalue weighted by atomic mass is 19.1. The van der Waals surface area contributed by atoms with Crippen LogP contribution >= 0.6 is 0 Å². The van der Waals surface area contributed by atoms with Crippen LogP contribution in [-0.4, -0.2) is 11.9 Å². The van der Waals surface area contributed by atoms with Gasteiger partial charge in [0.25, 0.3) is 5.91 Å². The van der Waals surface area contributed by atoms with Crippen LogP contribution in [-0.2, 0) is 0 Å². The van der Waals surface area contributed by atoms with Gasteiger partial charge in [-0.05, 0) is 35.1 Å². The smallest absolute Gasteiger partial charge is 0.251 e. The van der Waals surface area contributed by atoms with Crippen LogP contribution < -0.4 is 5.32 Å². The van der Waals surface area contributed by atoms with Gasteiger partial charge in [0, 0.05) is 11.6 Å². The van der Waals surface area contributed by atoms with Crippen molar-refractivity contribution < 1.29 is 9.18 Å². The molecule has 0 saturated heterocycles. The Labute approximate surface area is 115 Å². The van der Waals surface area contributed by atoms with Crippen LogP contribution in [0.4, 0.5) is 4.39 Å². The first-order valence-corrected chi connectivity index (χ1v) is 6.58. The first-order chi connectivity index (χ1) is 8.51. The molecule has 0 spiro atoms. The Kier molecular flexibility index (Phi) is 4.39. The third-order valence-corrected chi connectivity index (χ3v) is 3.11. The average Bonchev–Trinajstić information content (AvgIpc) is 2.23. The standard InChI is InChI=1S/C16H24FNO/c1-15(2,3)14(16(4,5)6)18-13(19)11-7-9-12(17)10-8-11/h7-10,14H,1-6H3,(H,18,19). The molecule has 1 N–H and O–H groups in total. The molecule has 0 aliphatic heterocycles. The van der Waals surface area contributed by atoms with E-state index in [2.05, 4.69) is 46.9 Å². The molecule has 0 bridgehead atoms. The second kappa shape index (κ2) is 5.32. The zero-order chi connectivity index (χ0) is 14.8. The molecule has 0 aliphatic rings. The minimum atomic E-state index is -0.334. The minimum Gasteiger partial charge on any atom is -0.348 e. The van der Waals surface area contributed by atoms with Crippen molar-refractivity contribution in [3.8, 4) is 0 Å². The van der Waals surface area contributed by atoms with Gasteiger partial charge in [0.15, 0.2) is 0 Å². The molecule has 1 aromatic carbocycles. The van der Waals surface area contributed by atoms with Crippen LogP contribution in [0.25, 0.3) is 0 Å². The number of hydrogen-bond donors (Lipinski definition) is 1. The minimum absolute atomic E-state index is 0.0255. The fourth-order valence-corrected chi connectivity index (χ4v) is 2.55. The van der Waals surface area contributed by atoms with E-state index >= 15 is 0 Å². The topological polar surface area (TPSA) is 29.1 Å². The number of halogens is 1. The van der Waals surface area contributed by atoms with E-state index in [1.54, 1.807) is 0 Å². The summed E-state index contributed by atoms with van der Waals surface area (Å²) in [5.74, 6) is -0.491. The van der Waals surface area contributed by atoms with Crippen LogP contribution in [0, 0.1) is 16.6 Å². The van der Waals surface area contributed by atoms with Gasteiger partial charge < -0.3 is 5.32 Å². The maximum Gasteiger partial charge on any atom is 0.251 e. The molecule has 0 radical (unpaired) electrons. The van der Waals surface area contributed by atoms with Crippen LogP contribution in [0.3, 0.4) is 0 Å². The summed E-state index contributed by atoms with van der Waals surface area (Å²) in [6, 6.07) is 5.65. The van der Waals surface area contributed by atoms with E-state index in [0.29, 0.717) is 5.56 Å². The van der Waals surface area contributed by atoms with E-state index in [0.717, 1.165) is 0 Å². The first-order valence-electron chi connectivity index (χ1n) is 6.58. The van der Waals surface area contributed by atoms with Crippen molar-refractivity contribution in [3.63, 3.8) is 0 Å². The van der Waals surface area contributed by atoms with Crippen LogP contribution in [0.1, 0.15) is 51.9 Å². The maximum atomic E-state index is 12.9. The summed E-state index contributed by atoms with van der Waals surface area (Å²) >= 11 is 0. The molecule has 1 amide bonds. The van der Waals surface area contributed by atoms with Gasteiger partial charge in [0.1, 0.15) is 5.82 Å². The quantitative estimate of drug-likeness (QED) is 0.860. The summed E-state index contributed by atoms with van der Waals surface area (Å²) in [4.78, 5) is 12.2. The van der Waals surface area contributed by atoms with E-state index in [-0.39, 0.29) is 28.6 Å². The fraction of sp³-hybridized carbons (Fsp3) is 0.562. The molecule has 0 aliphatic carbocycles. The van der Waals surface area contributed by atoms with Crippen molar-refractivity contribution in [2.75, 3.05) is 0 Å². The first kappa shape index (κ1) is 15.7. The van der Waals surface area contributed by atoms with E-state index in [4.69, 9.17) is 0 Å². The summed E-state index contributed by atoms with van der Waals surface area (Å²) in [5, 5.41) is 3.07. The Hall–Kier alpha value is -1.38. The lowest BCUT2D eigenvalue weighted by Crippen LogP contribution is -2.51. The molecule has 3 heteroatoms. The molecular weight excluding hydrogens is 241 g/mol. The molecule has 1 rings (SSSR count). The van der Waals surface area contributed by atoms with E-state index in [1.165, 1.54) is 24.3 Å². The normalized spacial score (nSPS) is 12.6. The van der Waals surface area contributed by atoms with Gasteiger partial charge in [-0.1, -0.05) is 41.5 Å². The Morgan fingerprint density at radius 2 is 1.42 bits per heavy atom. The highest BCUT2D eigenvalue weighted by molar-refractivity contribution is 5.94. The average molecular weight is 265 g/mol. The lowest BCUT2D eigenvalue weighted by Gasteiger charge is -2.41. The zero-order valence-electron chi connectivity index (χ0n) is 12.7. The van der Waals surface area contributed by atoms with Gasteiger partial charge in [-0.25, -0.2) is 4.39 Å². The summed E-state index contributed by atoms with van der Waals surface area (Å²) < 4.78 is 12.9. The molecular formula is C16H24FNO. The van der Waals surface area contributed by atoms with Crippen molar-refractivity contribution in [2.45, 2.75) is 47.6 Å². The molecule has 19 heavy (non-hydrogen) atoms. The van der Waals surface area contributed by atoms with Gasteiger partial charge in [-0.15, -0.1) is 0 Å².